The van der Waals surface area contributed by atoms with Crippen molar-refractivity contribution in [3.63, 3.8) is 0 Å². The van der Waals surface area contributed by atoms with E-state index in [4.69, 9.17) is 9.47 Å². The van der Waals surface area contributed by atoms with Gasteiger partial charge in [-0.3, -0.25) is 4.79 Å². The van der Waals surface area contributed by atoms with Crippen molar-refractivity contribution in [3.05, 3.63) is 24.3 Å². The van der Waals surface area contributed by atoms with E-state index >= 15 is 0 Å². The third-order valence-corrected chi connectivity index (χ3v) is 1.96. The van der Waals surface area contributed by atoms with Gasteiger partial charge in [-0.25, -0.2) is 0 Å². The predicted molar refractivity (Wildman–Crippen MR) is 62.7 cm³/mol. The van der Waals surface area contributed by atoms with Gasteiger partial charge in [-0.15, -0.1) is 0 Å². The lowest BCUT2D eigenvalue weighted by molar-refractivity contribution is -0.143. The average molecular weight is 222 g/mol. The maximum absolute atomic E-state index is 11.7. The van der Waals surface area contributed by atoms with Crippen molar-refractivity contribution in [3.8, 4) is 11.5 Å². The van der Waals surface area contributed by atoms with Gasteiger partial charge in [0.15, 0.2) is 11.5 Å². The third kappa shape index (κ3) is 3.26. The lowest BCUT2D eigenvalue weighted by atomic mass is 9.97. The number of ether oxygens (including phenoxy) is 2. The molecule has 0 saturated heterocycles. The Hall–Kier alpha value is -1.51. The minimum Gasteiger partial charge on any atom is -0.490 e. The highest BCUT2D eigenvalue weighted by molar-refractivity contribution is 5.78. The van der Waals surface area contributed by atoms with Crippen molar-refractivity contribution >= 4 is 5.97 Å². The minimum atomic E-state index is -0.515. The summed E-state index contributed by atoms with van der Waals surface area (Å²) in [6.45, 7) is 7.89. The first kappa shape index (κ1) is 12.6. The highest BCUT2D eigenvalue weighted by atomic mass is 16.6. The minimum absolute atomic E-state index is 0.264. The van der Waals surface area contributed by atoms with Crippen LogP contribution in [-0.4, -0.2) is 12.6 Å². The van der Waals surface area contributed by atoms with E-state index in [0.29, 0.717) is 18.1 Å². The fourth-order valence-electron chi connectivity index (χ4n) is 1.06. The summed E-state index contributed by atoms with van der Waals surface area (Å²) in [6.07, 6.45) is 0. The zero-order valence-corrected chi connectivity index (χ0v) is 10.2. The van der Waals surface area contributed by atoms with Crippen LogP contribution in [0.15, 0.2) is 24.3 Å². The van der Waals surface area contributed by atoms with Crippen LogP contribution >= 0.6 is 0 Å². The molecular formula is C13H18O3. The van der Waals surface area contributed by atoms with Gasteiger partial charge in [-0.2, -0.15) is 0 Å². The largest absolute Gasteiger partial charge is 0.490 e. The van der Waals surface area contributed by atoms with E-state index in [9.17, 15) is 4.79 Å². The SMILES string of the molecule is CCOc1ccccc1OC(=O)C(C)(C)C. The highest BCUT2D eigenvalue weighted by Gasteiger charge is 2.24. The topological polar surface area (TPSA) is 35.5 Å². The van der Waals surface area contributed by atoms with Crippen molar-refractivity contribution in [1.29, 1.82) is 0 Å². The Labute approximate surface area is 96.4 Å². The lowest BCUT2D eigenvalue weighted by Gasteiger charge is -2.17. The second-order valence-electron chi connectivity index (χ2n) is 4.52. The molecule has 1 rings (SSSR count). The van der Waals surface area contributed by atoms with Crippen molar-refractivity contribution in [2.75, 3.05) is 6.61 Å². The highest BCUT2D eigenvalue weighted by Crippen LogP contribution is 2.28. The Kier molecular flexibility index (Phi) is 3.93. The summed E-state index contributed by atoms with van der Waals surface area (Å²) in [5.41, 5.74) is -0.515. The molecule has 0 aromatic heterocycles. The number of benzene rings is 1. The van der Waals surface area contributed by atoms with Crippen LogP contribution in [0, 0.1) is 5.41 Å². The zero-order chi connectivity index (χ0) is 12.2. The van der Waals surface area contributed by atoms with E-state index in [1.54, 1.807) is 12.1 Å². The molecule has 0 aliphatic carbocycles. The van der Waals surface area contributed by atoms with Gasteiger partial charge < -0.3 is 9.47 Å². The van der Waals surface area contributed by atoms with Gasteiger partial charge in [-0.05, 0) is 39.8 Å². The van der Waals surface area contributed by atoms with E-state index in [0.717, 1.165) is 0 Å². The molecular weight excluding hydrogens is 204 g/mol. The summed E-state index contributed by atoms with van der Waals surface area (Å²) in [4.78, 5) is 11.7. The van der Waals surface area contributed by atoms with Crippen molar-refractivity contribution in [2.24, 2.45) is 5.41 Å². The molecule has 0 bridgehead atoms. The van der Waals surface area contributed by atoms with Crippen LogP contribution in [0.25, 0.3) is 0 Å². The van der Waals surface area contributed by atoms with Gasteiger partial charge in [0.05, 0.1) is 12.0 Å². The van der Waals surface area contributed by atoms with Crippen LogP contribution in [0.3, 0.4) is 0 Å². The standard InChI is InChI=1S/C13H18O3/c1-5-15-10-8-6-7-9-11(10)16-12(14)13(2,3)4/h6-9H,5H2,1-4H3. The Morgan fingerprint density at radius 3 is 2.25 bits per heavy atom. The molecule has 0 aliphatic heterocycles. The van der Waals surface area contributed by atoms with Crippen molar-refractivity contribution < 1.29 is 14.3 Å². The van der Waals surface area contributed by atoms with E-state index in [1.165, 1.54) is 0 Å². The zero-order valence-electron chi connectivity index (χ0n) is 10.2. The number of hydrogen-bond donors (Lipinski definition) is 0. The molecule has 16 heavy (non-hydrogen) atoms. The molecule has 3 nitrogen and oxygen atoms in total. The lowest BCUT2D eigenvalue weighted by Crippen LogP contribution is -2.25. The molecule has 0 radical (unpaired) electrons. The van der Waals surface area contributed by atoms with Gasteiger partial charge in [-0.1, -0.05) is 12.1 Å². The second kappa shape index (κ2) is 5.01. The number of esters is 1. The van der Waals surface area contributed by atoms with E-state index in [-0.39, 0.29) is 5.97 Å². The Bertz CT molecular complexity index is 364. The van der Waals surface area contributed by atoms with Gasteiger partial charge in [0.25, 0.3) is 0 Å². The van der Waals surface area contributed by atoms with Gasteiger partial charge in [0.2, 0.25) is 0 Å². The van der Waals surface area contributed by atoms with Crippen LogP contribution in [0.1, 0.15) is 27.7 Å². The van der Waals surface area contributed by atoms with Gasteiger partial charge >= 0.3 is 5.97 Å². The quantitative estimate of drug-likeness (QED) is 0.582. The second-order valence-corrected chi connectivity index (χ2v) is 4.52. The number of rotatable bonds is 3. The summed E-state index contributed by atoms with van der Waals surface area (Å²) in [7, 11) is 0. The first-order chi connectivity index (χ1) is 7.45. The van der Waals surface area contributed by atoms with E-state index < -0.39 is 5.41 Å². The maximum atomic E-state index is 11.7. The van der Waals surface area contributed by atoms with Crippen LogP contribution in [0.2, 0.25) is 0 Å². The molecule has 88 valence electrons. The molecule has 0 heterocycles. The van der Waals surface area contributed by atoms with Gasteiger partial charge in [0.1, 0.15) is 0 Å². The fourth-order valence-corrected chi connectivity index (χ4v) is 1.06. The fraction of sp³-hybridized carbons (Fsp3) is 0.462. The normalized spacial score (nSPS) is 11.0. The summed E-state index contributed by atoms with van der Waals surface area (Å²) in [5, 5.41) is 0. The molecule has 0 spiro atoms. The van der Waals surface area contributed by atoms with Crippen LogP contribution in [-0.2, 0) is 4.79 Å². The Balaban J connectivity index is 2.84. The summed E-state index contributed by atoms with van der Waals surface area (Å²) >= 11 is 0. The van der Waals surface area contributed by atoms with E-state index in [1.807, 2.05) is 39.8 Å². The summed E-state index contributed by atoms with van der Waals surface area (Å²) in [6, 6.07) is 7.18. The van der Waals surface area contributed by atoms with Crippen LogP contribution in [0.5, 0.6) is 11.5 Å². The molecule has 1 aromatic carbocycles. The van der Waals surface area contributed by atoms with E-state index in [2.05, 4.69) is 0 Å². The molecule has 3 heteroatoms. The van der Waals surface area contributed by atoms with Crippen molar-refractivity contribution in [2.45, 2.75) is 27.7 Å². The molecule has 0 amide bonds. The summed E-state index contributed by atoms with van der Waals surface area (Å²) < 4.78 is 10.7. The maximum Gasteiger partial charge on any atom is 0.316 e. The number of carbonyl (C=O) groups is 1. The predicted octanol–water partition coefficient (Wildman–Crippen LogP) is 3.04. The number of para-hydroxylation sites is 2. The molecule has 1 aromatic rings. The molecule has 0 atom stereocenters. The smallest absolute Gasteiger partial charge is 0.316 e. The number of hydrogen-bond acceptors (Lipinski definition) is 3. The monoisotopic (exact) mass is 222 g/mol. The molecule has 0 unspecified atom stereocenters. The molecule has 0 fully saturated rings. The first-order valence-electron chi connectivity index (χ1n) is 5.39. The molecule has 0 N–H and O–H groups in total. The third-order valence-electron chi connectivity index (χ3n) is 1.96. The summed E-state index contributed by atoms with van der Waals surface area (Å²) in [5.74, 6) is 0.812. The average Bonchev–Trinajstić information content (AvgIpc) is 2.20. The number of carbonyl (C=O) groups excluding carboxylic acids is 1. The van der Waals surface area contributed by atoms with Crippen molar-refractivity contribution in [1.82, 2.24) is 0 Å². The molecule has 0 aliphatic rings. The van der Waals surface area contributed by atoms with Crippen LogP contribution < -0.4 is 9.47 Å². The first-order valence-corrected chi connectivity index (χ1v) is 5.39. The Morgan fingerprint density at radius 2 is 1.75 bits per heavy atom. The van der Waals surface area contributed by atoms with Crippen LogP contribution in [0.4, 0.5) is 0 Å². The van der Waals surface area contributed by atoms with Gasteiger partial charge in [0, 0.05) is 0 Å². The Morgan fingerprint density at radius 1 is 1.19 bits per heavy atom. The molecule has 0 saturated carbocycles.